The molecule has 1 heterocycles. The van der Waals surface area contributed by atoms with Gasteiger partial charge < -0.3 is 4.90 Å². The molecular formula is C39H29N3. The maximum atomic E-state index is 5.14. The number of benzene rings is 6. The molecule has 0 amide bonds. The largest absolute Gasteiger partial charge is 0.311 e. The molecule has 0 spiro atoms. The van der Waals surface area contributed by atoms with Crippen LogP contribution in [0.5, 0.6) is 0 Å². The summed E-state index contributed by atoms with van der Waals surface area (Å²) in [5, 5.41) is 7.49. The molecule has 1 aromatic heterocycles. The zero-order valence-electron chi connectivity index (χ0n) is 23.1. The fourth-order valence-corrected chi connectivity index (χ4v) is 5.53. The van der Waals surface area contributed by atoms with Gasteiger partial charge in [-0.1, -0.05) is 133 Å². The van der Waals surface area contributed by atoms with E-state index in [0.29, 0.717) is 0 Å². The van der Waals surface area contributed by atoms with Crippen molar-refractivity contribution in [1.82, 2.24) is 4.68 Å². The molecular weight excluding hydrogens is 510 g/mol. The molecule has 3 nitrogen and oxygen atoms in total. The average molecular weight is 540 g/mol. The number of para-hydroxylation sites is 2. The van der Waals surface area contributed by atoms with Crippen molar-refractivity contribution in [3.05, 3.63) is 175 Å². The predicted molar refractivity (Wildman–Crippen MR) is 177 cm³/mol. The standard InChI is InChI=1S/C39H29N3/c1-5-15-31(16-6-1)38-36-23-13-14-24-37(36)39(32-17-7-2-8-18-32)42(38)40-29-30-25-27-35(28-26-30)41(33-19-9-3-10-20-33)34-21-11-4-12-22-34/h1-29H. The van der Waals surface area contributed by atoms with Crippen LogP contribution in [0.4, 0.5) is 17.1 Å². The van der Waals surface area contributed by atoms with E-state index in [1.807, 2.05) is 18.3 Å². The summed E-state index contributed by atoms with van der Waals surface area (Å²) >= 11 is 0. The number of hydrogen-bond acceptors (Lipinski definition) is 2. The van der Waals surface area contributed by atoms with E-state index in [1.54, 1.807) is 0 Å². The van der Waals surface area contributed by atoms with E-state index < -0.39 is 0 Å². The number of rotatable bonds is 7. The summed E-state index contributed by atoms with van der Waals surface area (Å²) in [6.45, 7) is 0. The van der Waals surface area contributed by atoms with Gasteiger partial charge in [0.05, 0.1) is 17.6 Å². The van der Waals surface area contributed by atoms with Crippen molar-refractivity contribution in [1.29, 1.82) is 0 Å². The Morgan fingerprint density at radius 2 is 0.786 bits per heavy atom. The lowest BCUT2D eigenvalue weighted by Gasteiger charge is -2.25. The fourth-order valence-electron chi connectivity index (χ4n) is 5.53. The van der Waals surface area contributed by atoms with Crippen LogP contribution in [0.1, 0.15) is 5.56 Å². The summed E-state index contributed by atoms with van der Waals surface area (Å²) in [5.74, 6) is 0. The van der Waals surface area contributed by atoms with E-state index in [2.05, 4.69) is 167 Å². The Morgan fingerprint density at radius 1 is 0.405 bits per heavy atom. The second-order valence-corrected chi connectivity index (χ2v) is 10.1. The van der Waals surface area contributed by atoms with Crippen LogP contribution in [0.2, 0.25) is 0 Å². The van der Waals surface area contributed by atoms with Gasteiger partial charge in [-0.15, -0.1) is 0 Å². The second-order valence-electron chi connectivity index (χ2n) is 10.1. The Kier molecular flexibility index (Phi) is 6.89. The molecule has 0 aliphatic rings. The first-order chi connectivity index (χ1) is 20.9. The molecule has 0 aliphatic heterocycles. The molecule has 7 aromatic rings. The number of fused-ring (bicyclic) bond motifs is 1. The van der Waals surface area contributed by atoms with Gasteiger partial charge in [0.25, 0.3) is 0 Å². The number of nitrogens with zero attached hydrogens (tertiary/aromatic N) is 3. The van der Waals surface area contributed by atoms with Gasteiger partial charge >= 0.3 is 0 Å². The lowest BCUT2D eigenvalue weighted by molar-refractivity contribution is 0.917. The third-order valence-electron chi connectivity index (χ3n) is 7.46. The zero-order valence-corrected chi connectivity index (χ0v) is 23.1. The van der Waals surface area contributed by atoms with Gasteiger partial charge in [-0.2, -0.15) is 5.10 Å². The molecule has 3 heteroatoms. The van der Waals surface area contributed by atoms with Gasteiger partial charge in [0, 0.05) is 39.0 Å². The first-order valence-corrected chi connectivity index (χ1v) is 14.2. The Balaban J connectivity index is 1.33. The van der Waals surface area contributed by atoms with Crippen molar-refractivity contribution in [2.75, 3.05) is 4.90 Å². The molecule has 0 radical (unpaired) electrons. The van der Waals surface area contributed by atoms with Crippen LogP contribution in [0.25, 0.3) is 33.3 Å². The van der Waals surface area contributed by atoms with Gasteiger partial charge in [-0.05, 0) is 42.0 Å². The van der Waals surface area contributed by atoms with E-state index in [1.165, 1.54) is 10.8 Å². The van der Waals surface area contributed by atoms with Gasteiger partial charge in [-0.25, -0.2) is 4.68 Å². The molecule has 0 unspecified atom stereocenters. The molecule has 0 saturated carbocycles. The summed E-state index contributed by atoms with van der Waals surface area (Å²) in [6, 6.07) is 59.1. The van der Waals surface area contributed by atoms with Crippen LogP contribution >= 0.6 is 0 Å². The highest BCUT2D eigenvalue weighted by Crippen LogP contribution is 2.39. The van der Waals surface area contributed by atoms with Crippen LogP contribution in [0.15, 0.2) is 175 Å². The van der Waals surface area contributed by atoms with Crippen molar-refractivity contribution in [3.8, 4) is 22.5 Å². The van der Waals surface area contributed by atoms with E-state index in [4.69, 9.17) is 5.10 Å². The summed E-state index contributed by atoms with van der Waals surface area (Å²) in [5.41, 5.74) is 8.76. The van der Waals surface area contributed by atoms with E-state index in [-0.39, 0.29) is 0 Å². The lowest BCUT2D eigenvalue weighted by Crippen LogP contribution is -2.09. The smallest absolute Gasteiger partial charge is 0.0804 e. The third-order valence-corrected chi connectivity index (χ3v) is 7.46. The lowest BCUT2D eigenvalue weighted by atomic mass is 10.0. The highest BCUT2D eigenvalue weighted by molar-refractivity contribution is 6.05. The minimum absolute atomic E-state index is 1.02. The van der Waals surface area contributed by atoms with Crippen LogP contribution < -0.4 is 4.90 Å². The molecule has 7 rings (SSSR count). The first-order valence-electron chi connectivity index (χ1n) is 14.2. The topological polar surface area (TPSA) is 20.5 Å². The van der Waals surface area contributed by atoms with Gasteiger partial charge in [0.15, 0.2) is 0 Å². The van der Waals surface area contributed by atoms with Crippen LogP contribution in [0.3, 0.4) is 0 Å². The highest BCUT2D eigenvalue weighted by Gasteiger charge is 2.19. The maximum Gasteiger partial charge on any atom is 0.0804 e. The fraction of sp³-hybridized carbons (Fsp3) is 0. The Hall–Kier alpha value is -5.67. The molecule has 200 valence electrons. The molecule has 0 fully saturated rings. The van der Waals surface area contributed by atoms with E-state index in [0.717, 1.165) is 45.1 Å². The van der Waals surface area contributed by atoms with Gasteiger partial charge in [0.1, 0.15) is 0 Å². The molecule has 0 bridgehead atoms. The summed E-state index contributed by atoms with van der Waals surface area (Å²) in [4.78, 5) is 2.26. The molecule has 0 atom stereocenters. The summed E-state index contributed by atoms with van der Waals surface area (Å²) in [6.07, 6.45) is 1.96. The SMILES string of the molecule is C(=Nn1c(-c2ccccc2)c2ccccc2c1-c1ccccc1)c1ccc(N(c2ccccc2)c2ccccc2)cc1. The molecule has 0 N–H and O–H groups in total. The Labute approximate surface area is 246 Å². The monoisotopic (exact) mass is 539 g/mol. The maximum absolute atomic E-state index is 5.14. The summed E-state index contributed by atoms with van der Waals surface area (Å²) < 4.78 is 2.10. The second kappa shape index (κ2) is 11.4. The highest BCUT2D eigenvalue weighted by atomic mass is 15.4. The predicted octanol–water partition coefficient (Wildman–Crippen LogP) is 10.3. The normalized spacial score (nSPS) is 11.2. The van der Waals surface area contributed by atoms with Crippen LogP contribution in [-0.2, 0) is 0 Å². The number of anilines is 3. The molecule has 0 saturated heterocycles. The number of aromatic nitrogens is 1. The van der Waals surface area contributed by atoms with Gasteiger partial charge in [-0.3, -0.25) is 0 Å². The summed E-state index contributed by atoms with van der Waals surface area (Å²) in [7, 11) is 0. The Morgan fingerprint density at radius 3 is 1.24 bits per heavy atom. The van der Waals surface area contributed by atoms with Crippen LogP contribution in [0, 0.1) is 0 Å². The molecule has 6 aromatic carbocycles. The van der Waals surface area contributed by atoms with Crippen LogP contribution in [-0.4, -0.2) is 10.9 Å². The molecule has 0 aliphatic carbocycles. The van der Waals surface area contributed by atoms with Gasteiger partial charge in [0.2, 0.25) is 0 Å². The Bertz CT molecular complexity index is 1830. The first kappa shape index (κ1) is 25.3. The third kappa shape index (κ3) is 4.89. The van der Waals surface area contributed by atoms with E-state index in [9.17, 15) is 0 Å². The minimum atomic E-state index is 1.02. The average Bonchev–Trinajstić information content (AvgIpc) is 3.40. The van der Waals surface area contributed by atoms with Crippen molar-refractivity contribution in [2.24, 2.45) is 5.10 Å². The quantitative estimate of drug-likeness (QED) is 0.185. The van der Waals surface area contributed by atoms with Crippen molar-refractivity contribution in [2.45, 2.75) is 0 Å². The van der Waals surface area contributed by atoms with Crippen molar-refractivity contribution < 1.29 is 0 Å². The minimum Gasteiger partial charge on any atom is -0.311 e. The zero-order chi connectivity index (χ0) is 28.1. The molecule has 42 heavy (non-hydrogen) atoms. The number of hydrogen-bond donors (Lipinski definition) is 0. The van der Waals surface area contributed by atoms with Crippen molar-refractivity contribution in [3.63, 3.8) is 0 Å². The van der Waals surface area contributed by atoms with E-state index >= 15 is 0 Å². The van der Waals surface area contributed by atoms with Crippen molar-refractivity contribution >= 4 is 34.0 Å².